The summed E-state index contributed by atoms with van der Waals surface area (Å²) in [6.45, 7) is 7.39. The number of hydrogen-bond donors (Lipinski definition) is 1. The van der Waals surface area contributed by atoms with Crippen LogP contribution < -0.4 is 5.73 Å². The average molecular weight is 238 g/mol. The van der Waals surface area contributed by atoms with Gasteiger partial charge in [0.25, 0.3) is 0 Å². The van der Waals surface area contributed by atoms with Gasteiger partial charge in [0, 0.05) is 13.0 Å². The van der Waals surface area contributed by atoms with E-state index in [1.54, 1.807) is 0 Å². The number of rotatable bonds is 5. The maximum absolute atomic E-state index is 6.09. The zero-order valence-corrected chi connectivity index (χ0v) is 10.7. The lowest BCUT2D eigenvalue weighted by Gasteiger charge is -2.17. The summed E-state index contributed by atoms with van der Waals surface area (Å²) in [6, 6.07) is -0.127. The summed E-state index contributed by atoms with van der Waals surface area (Å²) < 4.78 is 5.20. The van der Waals surface area contributed by atoms with Crippen molar-refractivity contribution in [1.82, 2.24) is 15.0 Å². The molecule has 0 bridgehead atoms. The molecule has 96 valence electrons. The molecule has 2 rings (SSSR count). The highest BCUT2D eigenvalue weighted by atomic mass is 16.5. The molecule has 0 aromatic carbocycles. The van der Waals surface area contributed by atoms with Crippen LogP contribution in [0.2, 0.25) is 0 Å². The molecule has 1 saturated heterocycles. The van der Waals surface area contributed by atoms with Gasteiger partial charge < -0.3 is 15.2 Å². The second kappa shape index (κ2) is 5.60. The molecule has 1 aliphatic heterocycles. The van der Waals surface area contributed by atoms with Crippen LogP contribution in [0.25, 0.3) is 0 Å². The Morgan fingerprint density at radius 2 is 2.06 bits per heavy atom. The highest BCUT2D eigenvalue weighted by Gasteiger charge is 2.20. The van der Waals surface area contributed by atoms with Crippen molar-refractivity contribution in [3.8, 4) is 0 Å². The van der Waals surface area contributed by atoms with Crippen LogP contribution in [0, 0.1) is 5.92 Å². The molecule has 0 radical (unpaired) electrons. The molecule has 5 nitrogen and oxygen atoms in total. The van der Waals surface area contributed by atoms with Crippen LogP contribution in [0.15, 0.2) is 4.52 Å². The van der Waals surface area contributed by atoms with E-state index in [-0.39, 0.29) is 6.04 Å². The second-order valence-corrected chi connectivity index (χ2v) is 5.26. The second-order valence-electron chi connectivity index (χ2n) is 5.26. The zero-order valence-electron chi connectivity index (χ0n) is 10.7. The summed E-state index contributed by atoms with van der Waals surface area (Å²) in [5, 5.41) is 3.97. The number of aromatic nitrogens is 2. The molecule has 0 aliphatic carbocycles. The third-order valence-electron chi connectivity index (χ3n) is 3.05. The summed E-state index contributed by atoms with van der Waals surface area (Å²) in [6.07, 6.45) is 3.37. The molecule has 0 amide bonds. The smallest absolute Gasteiger partial charge is 0.226 e. The van der Waals surface area contributed by atoms with E-state index < -0.39 is 0 Å². The highest BCUT2D eigenvalue weighted by Crippen LogP contribution is 2.14. The normalized spacial score (nSPS) is 19.1. The molecular weight excluding hydrogens is 216 g/mol. The Morgan fingerprint density at radius 3 is 2.71 bits per heavy atom. The molecule has 5 heteroatoms. The molecule has 17 heavy (non-hydrogen) atoms. The maximum atomic E-state index is 6.09. The Morgan fingerprint density at radius 1 is 1.35 bits per heavy atom. The number of nitrogens with two attached hydrogens (primary N) is 1. The van der Waals surface area contributed by atoms with Gasteiger partial charge in [0.2, 0.25) is 5.89 Å². The number of likely N-dealkylation sites (tertiary alicyclic amines) is 1. The van der Waals surface area contributed by atoms with Crippen LogP contribution in [-0.2, 0) is 6.42 Å². The third-order valence-corrected chi connectivity index (χ3v) is 3.05. The minimum Gasteiger partial charge on any atom is -0.339 e. The van der Waals surface area contributed by atoms with E-state index in [0.29, 0.717) is 17.6 Å². The van der Waals surface area contributed by atoms with Crippen molar-refractivity contribution in [3.63, 3.8) is 0 Å². The molecule has 1 fully saturated rings. The quantitative estimate of drug-likeness (QED) is 0.839. The van der Waals surface area contributed by atoms with Gasteiger partial charge in [-0.1, -0.05) is 19.0 Å². The third kappa shape index (κ3) is 3.51. The summed E-state index contributed by atoms with van der Waals surface area (Å²) in [4.78, 5) is 6.73. The summed E-state index contributed by atoms with van der Waals surface area (Å²) in [5.74, 6) is 1.87. The molecular formula is C12H22N4O. The fourth-order valence-electron chi connectivity index (χ4n) is 2.18. The standard InChI is InChI=1S/C12H22N4O/c1-9(2)7-11-14-12(15-17-11)10(13)8-16-5-3-4-6-16/h9-10H,3-8,13H2,1-2H3. The van der Waals surface area contributed by atoms with Gasteiger partial charge in [0.15, 0.2) is 5.82 Å². The minimum atomic E-state index is -0.127. The van der Waals surface area contributed by atoms with Crippen LogP contribution in [0.1, 0.15) is 44.4 Å². The van der Waals surface area contributed by atoms with Crippen molar-refractivity contribution in [2.24, 2.45) is 11.7 Å². The topological polar surface area (TPSA) is 68.2 Å². The van der Waals surface area contributed by atoms with Gasteiger partial charge in [-0.3, -0.25) is 0 Å². The van der Waals surface area contributed by atoms with E-state index >= 15 is 0 Å². The summed E-state index contributed by atoms with van der Waals surface area (Å²) in [5.41, 5.74) is 6.09. The van der Waals surface area contributed by atoms with Gasteiger partial charge in [0.05, 0.1) is 6.04 Å². The van der Waals surface area contributed by atoms with Gasteiger partial charge in [-0.2, -0.15) is 4.98 Å². The van der Waals surface area contributed by atoms with E-state index in [0.717, 1.165) is 26.1 Å². The Balaban J connectivity index is 1.89. The fraction of sp³-hybridized carbons (Fsp3) is 0.833. The highest BCUT2D eigenvalue weighted by molar-refractivity contribution is 4.95. The van der Waals surface area contributed by atoms with Crippen molar-refractivity contribution in [3.05, 3.63) is 11.7 Å². The van der Waals surface area contributed by atoms with E-state index in [9.17, 15) is 0 Å². The van der Waals surface area contributed by atoms with Crippen LogP contribution in [0.4, 0.5) is 0 Å². The van der Waals surface area contributed by atoms with Crippen molar-refractivity contribution < 1.29 is 4.52 Å². The van der Waals surface area contributed by atoms with Gasteiger partial charge in [-0.25, -0.2) is 0 Å². The molecule has 0 saturated carbocycles. The van der Waals surface area contributed by atoms with E-state index in [2.05, 4.69) is 28.9 Å². The molecule has 1 atom stereocenters. The lowest BCUT2D eigenvalue weighted by Crippen LogP contribution is -2.30. The monoisotopic (exact) mass is 238 g/mol. The summed E-state index contributed by atoms with van der Waals surface area (Å²) >= 11 is 0. The Bertz CT molecular complexity index is 344. The molecule has 1 aromatic rings. The Hall–Kier alpha value is -0.940. The van der Waals surface area contributed by atoms with Crippen LogP contribution >= 0.6 is 0 Å². The molecule has 0 spiro atoms. The number of nitrogens with zero attached hydrogens (tertiary/aromatic N) is 3. The van der Waals surface area contributed by atoms with Crippen LogP contribution in [-0.4, -0.2) is 34.7 Å². The largest absolute Gasteiger partial charge is 0.339 e. The van der Waals surface area contributed by atoms with E-state index in [1.165, 1.54) is 12.8 Å². The van der Waals surface area contributed by atoms with Gasteiger partial charge in [-0.05, 0) is 31.8 Å². The molecule has 1 unspecified atom stereocenters. The first-order valence-electron chi connectivity index (χ1n) is 6.45. The Labute approximate surface area is 102 Å². The first-order valence-corrected chi connectivity index (χ1v) is 6.45. The Kier molecular flexibility index (Phi) is 4.12. The first kappa shape index (κ1) is 12.5. The minimum absolute atomic E-state index is 0.127. The fourth-order valence-corrected chi connectivity index (χ4v) is 2.18. The lowest BCUT2D eigenvalue weighted by molar-refractivity contribution is 0.304. The summed E-state index contributed by atoms with van der Waals surface area (Å²) in [7, 11) is 0. The van der Waals surface area contributed by atoms with Crippen molar-refractivity contribution in [1.29, 1.82) is 0 Å². The van der Waals surface area contributed by atoms with E-state index in [1.807, 2.05) is 0 Å². The van der Waals surface area contributed by atoms with Crippen molar-refractivity contribution >= 4 is 0 Å². The van der Waals surface area contributed by atoms with Crippen LogP contribution in [0.5, 0.6) is 0 Å². The maximum Gasteiger partial charge on any atom is 0.226 e. The van der Waals surface area contributed by atoms with E-state index in [4.69, 9.17) is 10.3 Å². The molecule has 2 heterocycles. The first-order chi connectivity index (χ1) is 8.15. The lowest BCUT2D eigenvalue weighted by atomic mass is 10.1. The van der Waals surface area contributed by atoms with Gasteiger partial charge in [0.1, 0.15) is 0 Å². The predicted octanol–water partition coefficient (Wildman–Crippen LogP) is 1.36. The predicted molar refractivity (Wildman–Crippen MR) is 65.4 cm³/mol. The zero-order chi connectivity index (χ0) is 12.3. The molecule has 1 aromatic heterocycles. The molecule has 1 aliphatic rings. The van der Waals surface area contributed by atoms with Crippen LogP contribution in [0.3, 0.4) is 0 Å². The van der Waals surface area contributed by atoms with Gasteiger partial charge >= 0.3 is 0 Å². The SMILES string of the molecule is CC(C)Cc1nc(C(N)CN2CCCC2)no1. The van der Waals surface area contributed by atoms with Crippen molar-refractivity contribution in [2.45, 2.75) is 39.2 Å². The van der Waals surface area contributed by atoms with Crippen molar-refractivity contribution in [2.75, 3.05) is 19.6 Å². The van der Waals surface area contributed by atoms with Gasteiger partial charge in [-0.15, -0.1) is 0 Å². The number of hydrogen-bond acceptors (Lipinski definition) is 5. The molecule has 2 N–H and O–H groups in total. The average Bonchev–Trinajstić information content (AvgIpc) is 2.87.